The molecule has 0 bridgehead atoms. The van der Waals surface area contributed by atoms with E-state index < -0.39 is 5.97 Å². The molecule has 2 heterocycles. The topological polar surface area (TPSA) is 79.3 Å². The number of ether oxygens (including phenoxy) is 2. The Morgan fingerprint density at radius 1 is 1.29 bits per heavy atom. The standard InChI is InChI=1S/C17H22N2O5/c1-18-12-17(24-16(18)22)6-8-19(9-7-17)10-13-2-4-14(5-3-13)23-11-15(20)21/h2-5H,6-12H2,1H3,(H,20,21). The summed E-state index contributed by atoms with van der Waals surface area (Å²) in [7, 11) is 1.78. The average Bonchev–Trinajstić information content (AvgIpc) is 2.83. The van der Waals surface area contributed by atoms with Crippen LogP contribution in [0.4, 0.5) is 4.79 Å². The van der Waals surface area contributed by atoms with Crippen molar-refractivity contribution in [1.82, 2.24) is 9.80 Å². The number of hydrogen-bond acceptors (Lipinski definition) is 5. The maximum atomic E-state index is 11.6. The van der Waals surface area contributed by atoms with Gasteiger partial charge in [-0.05, 0) is 17.7 Å². The van der Waals surface area contributed by atoms with E-state index in [1.54, 1.807) is 24.1 Å². The first-order chi connectivity index (χ1) is 11.5. The zero-order chi connectivity index (χ0) is 17.2. The van der Waals surface area contributed by atoms with Crippen molar-refractivity contribution in [3.05, 3.63) is 29.8 Å². The molecule has 2 saturated heterocycles. The molecule has 3 rings (SSSR count). The lowest BCUT2D eigenvalue weighted by Gasteiger charge is -2.37. The predicted molar refractivity (Wildman–Crippen MR) is 85.9 cm³/mol. The first-order valence-electron chi connectivity index (χ1n) is 8.06. The fraction of sp³-hybridized carbons (Fsp3) is 0.529. The van der Waals surface area contributed by atoms with Crippen LogP contribution in [0.15, 0.2) is 24.3 Å². The number of piperidine rings is 1. The SMILES string of the molecule is CN1CC2(CCN(Cc3ccc(OCC(=O)O)cc3)CC2)OC1=O. The Bertz CT molecular complexity index is 608. The molecule has 1 aromatic carbocycles. The molecule has 2 fully saturated rings. The molecule has 0 unspecified atom stereocenters. The first-order valence-corrected chi connectivity index (χ1v) is 8.06. The first kappa shape index (κ1) is 16.6. The molecule has 0 saturated carbocycles. The van der Waals surface area contributed by atoms with Crippen molar-refractivity contribution in [2.75, 3.05) is 33.3 Å². The van der Waals surface area contributed by atoms with E-state index in [1.807, 2.05) is 12.1 Å². The molecular weight excluding hydrogens is 312 g/mol. The third-order valence-corrected chi connectivity index (χ3v) is 4.60. The Balaban J connectivity index is 1.49. The van der Waals surface area contributed by atoms with Crippen molar-refractivity contribution in [1.29, 1.82) is 0 Å². The van der Waals surface area contributed by atoms with Gasteiger partial charge in [0.05, 0.1) is 6.54 Å². The Hall–Kier alpha value is -2.28. The number of benzene rings is 1. The summed E-state index contributed by atoms with van der Waals surface area (Å²) in [6, 6.07) is 7.48. The van der Waals surface area contributed by atoms with Crippen LogP contribution in [0.25, 0.3) is 0 Å². The molecule has 7 heteroatoms. The molecule has 0 radical (unpaired) electrons. The number of nitrogens with zero attached hydrogens (tertiary/aromatic N) is 2. The average molecular weight is 334 g/mol. The van der Waals surface area contributed by atoms with Gasteiger partial charge in [-0.15, -0.1) is 0 Å². The molecule has 1 spiro atoms. The van der Waals surface area contributed by atoms with Crippen molar-refractivity contribution < 1.29 is 24.2 Å². The maximum Gasteiger partial charge on any atom is 0.410 e. The van der Waals surface area contributed by atoms with Gasteiger partial charge in [0.25, 0.3) is 0 Å². The second-order valence-electron chi connectivity index (χ2n) is 6.51. The van der Waals surface area contributed by atoms with E-state index in [9.17, 15) is 9.59 Å². The van der Waals surface area contributed by atoms with Gasteiger partial charge in [0.2, 0.25) is 0 Å². The van der Waals surface area contributed by atoms with Crippen LogP contribution in [0.3, 0.4) is 0 Å². The Morgan fingerprint density at radius 2 is 1.96 bits per heavy atom. The number of aliphatic carboxylic acids is 1. The highest BCUT2D eigenvalue weighted by atomic mass is 16.6. The second-order valence-corrected chi connectivity index (χ2v) is 6.51. The lowest BCUT2D eigenvalue weighted by molar-refractivity contribution is -0.139. The van der Waals surface area contributed by atoms with Crippen LogP contribution in [-0.4, -0.2) is 65.9 Å². The largest absolute Gasteiger partial charge is 0.482 e. The molecule has 7 nitrogen and oxygen atoms in total. The monoisotopic (exact) mass is 334 g/mol. The van der Waals surface area contributed by atoms with Crippen LogP contribution in [0.2, 0.25) is 0 Å². The minimum Gasteiger partial charge on any atom is -0.482 e. The third kappa shape index (κ3) is 3.79. The van der Waals surface area contributed by atoms with Crippen LogP contribution < -0.4 is 4.74 Å². The number of likely N-dealkylation sites (tertiary alicyclic amines) is 1. The number of likely N-dealkylation sites (N-methyl/N-ethyl adjacent to an activating group) is 1. The van der Waals surface area contributed by atoms with Crippen LogP contribution in [0.1, 0.15) is 18.4 Å². The maximum absolute atomic E-state index is 11.6. The van der Waals surface area contributed by atoms with E-state index in [-0.39, 0.29) is 18.3 Å². The summed E-state index contributed by atoms with van der Waals surface area (Å²) < 4.78 is 10.7. The fourth-order valence-electron chi connectivity index (χ4n) is 3.27. The lowest BCUT2D eigenvalue weighted by Crippen LogP contribution is -2.46. The van der Waals surface area contributed by atoms with Crippen molar-refractivity contribution in [2.45, 2.75) is 25.0 Å². The van der Waals surface area contributed by atoms with Gasteiger partial charge in [0, 0.05) is 39.5 Å². The van der Waals surface area contributed by atoms with Crippen molar-refractivity contribution in [3.8, 4) is 5.75 Å². The number of rotatable bonds is 5. The number of hydrogen-bond donors (Lipinski definition) is 1. The molecule has 0 aromatic heterocycles. The number of carbonyl (C=O) groups is 2. The number of amides is 1. The summed E-state index contributed by atoms with van der Waals surface area (Å²) in [5, 5.41) is 8.60. The Kier molecular flexibility index (Phi) is 4.62. The molecule has 1 N–H and O–H groups in total. The van der Waals surface area contributed by atoms with E-state index in [0.717, 1.165) is 38.0 Å². The van der Waals surface area contributed by atoms with Crippen LogP contribution in [0, 0.1) is 0 Å². The predicted octanol–water partition coefficient (Wildman–Crippen LogP) is 1.57. The zero-order valence-electron chi connectivity index (χ0n) is 13.7. The fourth-order valence-corrected chi connectivity index (χ4v) is 3.27. The Morgan fingerprint density at radius 3 is 2.50 bits per heavy atom. The Labute approximate surface area is 140 Å². The molecule has 0 atom stereocenters. The molecule has 0 aliphatic carbocycles. The highest BCUT2D eigenvalue weighted by Crippen LogP contribution is 2.33. The van der Waals surface area contributed by atoms with Gasteiger partial charge in [0.1, 0.15) is 11.4 Å². The number of carbonyl (C=O) groups excluding carboxylic acids is 1. The highest BCUT2D eigenvalue weighted by molar-refractivity contribution is 5.70. The van der Waals surface area contributed by atoms with E-state index in [2.05, 4.69) is 4.90 Å². The third-order valence-electron chi connectivity index (χ3n) is 4.60. The molecule has 130 valence electrons. The number of carboxylic acids is 1. The van der Waals surface area contributed by atoms with Gasteiger partial charge in [0.15, 0.2) is 6.61 Å². The molecule has 2 aliphatic heterocycles. The highest BCUT2D eigenvalue weighted by Gasteiger charge is 2.45. The van der Waals surface area contributed by atoms with E-state index in [0.29, 0.717) is 12.3 Å². The molecule has 24 heavy (non-hydrogen) atoms. The summed E-state index contributed by atoms with van der Waals surface area (Å²) in [4.78, 5) is 26.1. The van der Waals surface area contributed by atoms with E-state index in [4.69, 9.17) is 14.6 Å². The summed E-state index contributed by atoms with van der Waals surface area (Å²) in [6.07, 6.45) is 1.48. The zero-order valence-corrected chi connectivity index (χ0v) is 13.7. The summed E-state index contributed by atoms with van der Waals surface area (Å²) in [5.74, 6) is -0.431. The van der Waals surface area contributed by atoms with Gasteiger partial charge >= 0.3 is 12.1 Å². The molecular formula is C17H22N2O5. The minimum absolute atomic E-state index is 0.222. The second kappa shape index (κ2) is 6.68. The molecule has 2 aliphatic rings. The van der Waals surface area contributed by atoms with Crippen molar-refractivity contribution in [2.24, 2.45) is 0 Å². The summed E-state index contributed by atoms with van der Waals surface area (Å²) in [5.41, 5.74) is 0.839. The van der Waals surface area contributed by atoms with Crippen molar-refractivity contribution in [3.63, 3.8) is 0 Å². The smallest absolute Gasteiger partial charge is 0.410 e. The summed E-state index contributed by atoms with van der Waals surface area (Å²) >= 11 is 0. The van der Waals surface area contributed by atoms with Crippen LogP contribution >= 0.6 is 0 Å². The normalized spacial score (nSPS) is 20.2. The van der Waals surface area contributed by atoms with Crippen molar-refractivity contribution >= 4 is 12.1 Å². The summed E-state index contributed by atoms with van der Waals surface area (Å²) in [6.45, 7) is 2.94. The minimum atomic E-state index is -0.986. The lowest BCUT2D eigenvalue weighted by atomic mass is 9.91. The van der Waals surface area contributed by atoms with Gasteiger partial charge < -0.3 is 19.5 Å². The molecule has 1 amide bonds. The van der Waals surface area contributed by atoms with Gasteiger partial charge in [-0.2, -0.15) is 0 Å². The van der Waals surface area contributed by atoms with Crippen LogP contribution in [0.5, 0.6) is 5.75 Å². The van der Waals surface area contributed by atoms with Gasteiger partial charge in [-0.25, -0.2) is 9.59 Å². The number of carboxylic acid groups (broad SMARTS) is 1. The quantitative estimate of drug-likeness (QED) is 0.880. The molecule has 1 aromatic rings. The van der Waals surface area contributed by atoms with Gasteiger partial charge in [-0.3, -0.25) is 4.90 Å². The van der Waals surface area contributed by atoms with Gasteiger partial charge in [-0.1, -0.05) is 12.1 Å². The van der Waals surface area contributed by atoms with E-state index >= 15 is 0 Å². The van der Waals surface area contributed by atoms with E-state index in [1.165, 1.54) is 0 Å². The van der Waals surface area contributed by atoms with Crippen LogP contribution in [-0.2, 0) is 16.1 Å².